The van der Waals surface area contributed by atoms with Gasteiger partial charge in [0.2, 0.25) is 0 Å². The first-order valence-electron chi connectivity index (χ1n) is 12.2. The van der Waals surface area contributed by atoms with Gasteiger partial charge in [0.15, 0.2) is 0 Å². The molecule has 0 aliphatic carbocycles. The number of benzene rings is 2. The number of quaternary nitrogens is 6. The SMILES string of the molecule is C[NH+]1CC[NH+](CCO)CC1.[NH3+]CC[NH3+].c1ccc(C[NH2+]CC[NH2+]Cc2ccccc2)cc1. The Hall–Kier alpha value is -1.84. The molecular formula is C25H50N6O+6. The van der Waals surface area contributed by atoms with Gasteiger partial charge in [-0.25, -0.2) is 0 Å². The van der Waals surface area contributed by atoms with Crippen molar-refractivity contribution in [2.24, 2.45) is 0 Å². The number of piperazine rings is 1. The maximum Gasteiger partial charge on any atom is 0.127 e. The number of aliphatic hydroxyl groups is 1. The van der Waals surface area contributed by atoms with Gasteiger partial charge in [0.05, 0.1) is 13.7 Å². The molecule has 0 unspecified atom stereocenters. The Balaban J connectivity index is 0.000000307. The number of hydrogen-bond donors (Lipinski definition) is 7. The highest BCUT2D eigenvalue weighted by Crippen LogP contribution is 1.94. The molecule has 0 atom stereocenters. The van der Waals surface area contributed by atoms with E-state index in [0.717, 1.165) is 32.7 Å². The van der Waals surface area contributed by atoms with Crippen LogP contribution in [-0.4, -0.2) is 77.7 Å². The highest BCUT2D eigenvalue weighted by molar-refractivity contribution is 5.13. The average Bonchev–Trinajstić information content (AvgIpc) is 2.85. The molecule has 7 nitrogen and oxygen atoms in total. The standard InChI is InChI=1S/C16H20N2.C7H16N2O.C2H8N2/c1-3-7-15(8-4-1)13-17-11-12-18-14-16-9-5-2-6-10-16;1-8-2-4-9(5-3-8)6-7-10;3-1-2-4/h1-10,17-18H,11-14H2;10H,2-7H2,1H3;1-4H2/p+6. The van der Waals surface area contributed by atoms with Crippen molar-refractivity contribution < 1.29 is 37.0 Å². The Kier molecular flexibility index (Phi) is 17.5. The molecule has 1 aliphatic rings. The van der Waals surface area contributed by atoms with E-state index in [4.69, 9.17) is 5.11 Å². The summed E-state index contributed by atoms with van der Waals surface area (Å²) >= 11 is 0. The van der Waals surface area contributed by atoms with Crippen molar-refractivity contribution in [1.82, 2.24) is 0 Å². The van der Waals surface area contributed by atoms with E-state index >= 15 is 0 Å². The van der Waals surface area contributed by atoms with Crippen LogP contribution < -0.4 is 31.9 Å². The molecule has 0 aromatic heterocycles. The van der Waals surface area contributed by atoms with Gasteiger partial charge in [0.25, 0.3) is 0 Å². The fraction of sp³-hybridized carbons (Fsp3) is 0.520. The third kappa shape index (κ3) is 15.0. The summed E-state index contributed by atoms with van der Waals surface area (Å²) in [5.41, 5.74) is 9.89. The first kappa shape index (κ1) is 28.2. The summed E-state index contributed by atoms with van der Waals surface area (Å²) < 4.78 is 0. The number of nitrogens with one attached hydrogen (secondary N) is 2. The lowest BCUT2D eigenvalue weighted by Crippen LogP contribution is -3.27. The summed E-state index contributed by atoms with van der Waals surface area (Å²) in [7, 11) is 2.23. The van der Waals surface area contributed by atoms with Crippen LogP contribution in [0.1, 0.15) is 11.1 Å². The number of rotatable bonds is 10. The van der Waals surface area contributed by atoms with Gasteiger partial charge in [0, 0.05) is 11.1 Å². The first-order chi connectivity index (χ1) is 15.7. The van der Waals surface area contributed by atoms with Gasteiger partial charge in [-0.3, -0.25) is 0 Å². The Labute approximate surface area is 194 Å². The minimum absolute atomic E-state index is 0.342. The number of hydrogen-bond acceptors (Lipinski definition) is 1. The van der Waals surface area contributed by atoms with Crippen LogP contribution in [0.15, 0.2) is 60.7 Å². The zero-order chi connectivity index (χ0) is 23.3. The molecular weight excluding hydrogens is 400 g/mol. The molecule has 7 heteroatoms. The summed E-state index contributed by atoms with van der Waals surface area (Å²) in [5.74, 6) is 0. The van der Waals surface area contributed by atoms with Gasteiger partial charge in [-0.2, -0.15) is 0 Å². The zero-order valence-corrected chi connectivity index (χ0v) is 20.3. The van der Waals surface area contributed by atoms with E-state index in [1.54, 1.807) is 9.80 Å². The van der Waals surface area contributed by atoms with Crippen molar-refractivity contribution in [1.29, 1.82) is 0 Å². The average molecular weight is 451 g/mol. The molecule has 0 radical (unpaired) electrons. The topological polar surface area (TPSA) is 118 Å². The minimum atomic E-state index is 0.342. The largest absolute Gasteiger partial charge is 0.391 e. The Morgan fingerprint density at radius 2 is 1.19 bits per heavy atom. The van der Waals surface area contributed by atoms with E-state index in [-0.39, 0.29) is 0 Å². The fourth-order valence-corrected chi connectivity index (χ4v) is 3.44. The Morgan fingerprint density at radius 1 is 0.750 bits per heavy atom. The lowest BCUT2D eigenvalue weighted by atomic mass is 10.2. The highest BCUT2D eigenvalue weighted by Gasteiger charge is 2.18. The molecule has 0 spiro atoms. The molecule has 2 aromatic carbocycles. The van der Waals surface area contributed by atoms with Crippen molar-refractivity contribution in [2.45, 2.75) is 13.1 Å². The smallest absolute Gasteiger partial charge is 0.127 e. The normalized spacial score (nSPS) is 17.5. The minimum Gasteiger partial charge on any atom is -0.391 e. The van der Waals surface area contributed by atoms with Gasteiger partial charge >= 0.3 is 0 Å². The predicted molar refractivity (Wildman–Crippen MR) is 129 cm³/mol. The second-order valence-corrected chi connectivity index (χ2v) is 8.42. The summed E-state index contributed by atoms with van der Waals surface area (Å²) in [6, 6.07) is 21.3. The molecule has 3 rings (SSSR count). The van der Waals surface area contributed by atoms with Crippen LogP contribution in [0.4, 0.5) is 0 Å². The zero-order valence-electron chi connectivity index (χ0n) is 20.3. The Morgan fingerprint density at radius 3 is 1.56 bits per heavy atom. The molecule has 2 aromatic rings. The number of aliphatic hydroxyl groups excluding tert-OH is 1. The lowest BCUT2D eigenvalue weighted by Gasteiger charge is -2.26. The number of nitrogens with two attached hydrogens (primary N) is 2. The molecule has 0 amide bonds. The van der Waals surface area contributed by atoms with E-state index in [0.29, 0.717) is 6.61 Å². The van der Waals surface area contributed by atoms with E-state index in [1.165, 1.54) is 50.4 Å². The molecule has 1 fully saturated rings. The van der Waals surface area contributed by atoms with Crippen LogP contribution in [0.3, 0.4) is 0 Å². The molecule has 13 N–H and O–H groups in total. The van der Waals surface area contributed by atoms with Crippen LogP contribution in [-0.2, 0) is 13.1 Å². The van der Waals surface area contributed by atoms with Crippen molar-refractivity contribution in [3.63, 3.8) is 0 Å². The maximum atomic E-state index is 8.66. The molecule has 1 aliphatic heterocycles. The first-order valence-corrected chi connectivity index (χ1v) is 12.2. The summed E-state index contributed by atoms with van der Waals surface area (Å²) in [6.45, 7) is 12.7. The fourth-order valence-electron chi connectivity index (χ4n) is 3.44. The molecule has 0 bridgehead atoms. The molecule has 1 heterocycles. The van der Waals surface area contributed by atoms with Crippen molar-refractivity contribution in [2.75, 3.05) is 72.6 Å². The molecule has 1 saturated heterocycles. The van der Waals surface area contributed by atoms with Crippen molar-refractivity contribution >= 4 is 0 Å². The van der Waals surface area contributed by atoms with Crippen molar-refractivity contribution in [3.8, 4) is 0 Å². The molecule has 32 heavy (non-hydrogen) atoms. The van der Waals surface area contributed by atoms with Crippen LogP contribution in [0.2, 0.25) is 0 Å². The van der Waals surface area contributed by atoms with Crippen LogP contribution in [0.25, 0.3) is 0 Å². The van der Waals surface area contributed by atoms with Gasteiger partial charge < -0.3 is 37.0 Å². The van der Waals surface area contributed by atoms with Crippen LogP contribution >= 0.6 is 0 Å². The molecule has 180 valence electrons. The van der Waals surface area contributed by atoms with Crippen LogP contribution in [0, 0.1) is 0 Å². The summed E-state index contributed by atoms with van der Waals surface area (Å²) in [5, 5.41) is 13.4. The summed E-state index contributed by atoms with van der Waals surface area (Å²) in [6.07, 6.45) is 0. The second kappa shape index (κ2) is 19.8. The van der Waals surface area contributed by atoms with Crippen molar-refractivity contribution in [3.05, 3.63) is 71.8 Å². The van der Waals surface area contributed by atoms with Gasteiger partial charge in [-0.15, -0.1) is 0 Å². The maximum absolute atomic E-state index is 8.66. The Bertz CT molecular complexity index is 590. The third-order valence-corrected chi connectivity index (χ3v) is 5.55. The summed E-state index contributed by atoms with van der Waals surface area (Å²) in [4.78, 5) is 3.19. The third-order valence-electron chi connectivity index (χ3n) is 5.55. The quantitative estimate of drug-likeness (QED) is 0.180. The van der Waals surface area contributed by atoms with Crippen LogP contribution in [0.5, 0.6) is 0 Å². The predicted octanol–water partition coefficient (Wildman–Crippen LogP) is -5.62. The highest BCUT2D eigenvalue weighted by atomic mass is 16.3. The van der Waals surface area contributed by atoms with E-state index < -0.39 is 0 Å². The molecule has 0 saturated carbocycles. The van der Waals surface area contributed by atoms with Gasteiger partial charge in [-0.05, 0) is 0 Å². The second-order valence-electron chi connectivity index (χ2n) is 8.42. The van der Waals surface area contributed by atoms with E-state index in [1.807, 2.05) is 0 Å². The number of likely N-dealkylation sites (N-methyl/N-ethyl adjacent to an activating group) is 1. The van der Waals surface area contributed by atoms with Gasteiger partial charge in [-0.1, -0.05) is 60.7 Å². The van der Waals surface area contributed by atoms with Gasteiger partial charge in [0.1, 0.15) is 72.0 Å². The lowest BCUT2D eigenvalue weighted by molar-refractivity contribution is -1.00. The monoisotopic (exact) mass is 450 g/mol. The van der Waals surface area contributed by atoms with E-state index in [2.05, 4.69) is 89.8 Å². The van der Waals surface area contributed by atoms with E-state index in [9.17, 15) is 0 Å².